The van der Waals surface area contributed by atoms with E-state index in [-0.39, 0.29) is 11.5 Å². The van der Waals surface area contributed by atoms with Crippen LogP contribution in [0, 0.1) is 0 Å². The lowest BCUT2D eigenvalue weighted by Gasteiger charge is -2.26. The van der Waals surface area contributed by atoms with Crippen LogP contribution in [0.4, 0.5) is 0 Å². The van der Waals surface area contributed by atoms with Crippen LogP contribution in [0.3, 0.4) is 0 Å². The zero-order valence-electron chi connectivity index (χ0n) is 18.1. The van der Waals surface area contributed by atoms with E-state index in [2.05, 4.69) is 11.9 Å². The fourth-order valence-electron chi connectivity index (χ4n) is 3.69. The molecule has 8 heteroatoms. The Morgan fingerprint density at radius 2 is 1.81 bits per heavy atom. The zero-order valence-corrected chi connectivity index (χ0v) is 18.1. The van der Waals surface area contributed by atoms with Gasteiger partial charge in [-0.1, -0.05) is 25.5 Å². The molecule has 2 heterocycles. The zero-order chi connectivity index (χ0) is 22.5. The predicted molar refractivity (Wildman–Crippen MR) is 119 cm³/mol. The van der Waals surface area contributed by atoms with Crippen LogP contribution in [-0.2, 0) is 11.3 Å². The van der Waals surface area contributed by atoms with Crippen LogP contribution in [0.15, 0.2) is 42.5 Å². The van der Waals surface area contributed by atoms with Gasteiger partial charge >= 0.3 is 5.97 Å². The van der Waals surface area contributed by atoms with Crippen molar-refractivity contribution in [3.05, 3.63) is 59.2 Å². The largest absolute Gasteiger partial charge is 0.478 e. The van der Waals surface area contributed by atoms with Crippen molar-refractivity contribution in [1.29, 1.82) is 0 Å². The minimum Gasteiger partial charge on any atom is -0.478 e. The lowest BCUT2D eigenvalue weighted by Crippen LogP contribution is -2.40. The summed E-state index contributed by atoms with van der Waals surface area (Å²) in [4.78, 5) is 30.6. The summed E-state index contributed by atoms with van der Waals surface area (Å²) >= 11 is 0. The van der Waals surface area contributed by atoms with E-state index in [1.54, 1.807) is 35.2 Å². The van der Waals surface area contributed by atoms with E-state index in [0.717, 1.165) is 29.4 Å². The van der Waals surface area contributed by atoms with Crippen molar-refractivity contribution < 1.29 is 24.2 Å². The van der Waals surface area contributed by atoms with Crippen molar-refractivity contribution in [2.24, 2.45) is 0 Å². The van der Waals surface area contributed by atoms with Gasteiger partial charge in [-0.3, -0.25) is 9.36 Å². The van der Waals surface area contributed by atoms with E-state index in [4.69, 9.17) is 14.6 Å². The molecule has 1 N–H and O–H groups in total. The standard InChI is InChI=1S/C24H27N3O5/c1-2-3-12-32-24-25-20-9-8-19(22(28)26-10-13-31-14-11-26)15-21(20)27(24)16-17-4-6-18(7-5-17)23(29)30/h4-9,15H,2-3,10-14,16H2,1H3,(H,29,30). The molecule has 4 rings (SSSR count). The molecular weight excluding hydrogens is 410 g/mol. The Labute approximate surface area is 186 Å². The molecule has 32 heavy (non-hydrogen) atoms. The number of carbonyl (C=O) groups excluding carboxylic acids is 1. The first-order valence-corrected chi connectivity index (χ1v) is 10.9. The Kier molecular flexibility index (Phi) is 6.70. The van der Waals surface area contributed by atoms with Gasteiger partial charge in [0.15, 0.2) is 0 Å². The van der Waals surface area contributed by atoms with Gasteiger partial charge in [-0.2, -0.15) is 4.98 Å². The highest BCUT2D eigenvalue weighted by Crippen LogP contribution is 2.25. The number of nitrogens with zero attached hydrogens (tertiary/aromatic N) is 3. The number of unbranched alkanes of at least 4 members (excludes halogenated alkanes) is 1. The van der Waals surface area contributed by atoms with Crippen molar-refractivity contribution >= 4 is 22.9 Å². The maximum Gasteiger partial charge on any atom is 0.335 e. The summed E-state index contributed by atoms with van der Waals surface area (Å²) in [6.45, 7) is 5.36. The van der Waals surface area contributed by atoms with Crippen LogP contribution < -0.4 is 4.74 Å². The van der Waals surface area contributed by atoms with Gasteiger partial charge in [0, 0.05) is 18.7 Å². The second-order valence-corrected chi connectivity index (χ2v) is 7.79. The quantitative estimate of drug-likeness (QED) is 0.543. The molecule has 0 aliphatic carbocycles. The first-order chi connectivity index (χ1) is 15.6. The molecule has 1 aliphatic heterocycles. The van der Waals surface area contributed by atoms with Gasteiger partial charge in [-0.25, -0.2) is 4.79 Å². The monoisotopic (exact) mass is 437 g/mol. The van der Waals surface area contributed by atoms with Gasteiger partial charge in [-0.05, 0) is 42.3 Å². The molecule has 1 saturated heterocycles. The highest BCUT2D eigenvalue weighted by molar-refractivity contribution is 5.97. The van der Waals surface area contributed by atoms with Gasteiger partial charge in [0.05, 0.1) is 43.0 Å². The topological polar surface area (TPSA) is 93.9 Å². The summed E-state index contributed by atoms with van der Waals surface area (Å²) in [5, 5.41) is 9.15. The van der Waals surface area contributed by atoms with E-state index in [9.17, 15) is 9.59 Å². The Morgan fingerprint density at radius 1 is 1.09 bits per heavy atom. The number of ether oxygens (including phenoxy) is 2. The summed E-state index contributed by atoms with van der Waals surface area (Å²) in [5.41, 5.74) is 3.30. The number of fused-ring (bicyclic) bond motifs is 1. The number of imidazole rings is 1. The number of rotatable bonds is 8. The number of amides is 1. The Hall–Kier alpha value is -3.39. The first-order valence-electron chi connectivity index (χ1n) is 10.9. The van der Waals surface area contributed by atoms with Crippen LogP contribution in [0.25, 0.3) is 11.0 Å². The molecule has 0 unspecified atom stereocenters. The van der Waals surface area contributed by atoms with Crippen molar-refractivity contribution in [2.45, 2.75) is 26.3 Å². The number of hydrogen-bond acceptors (Lipinski definition) is 5. The van der Waals surface area contributed by atoms with Crippen LogP contribution in [0.1, 0.15) is 46.0 Å². The molecular formula is C24H27N3O5. The number of carboxylic acids is 1. The lowest BCUT2D eigenvalue weighted by atomic mass is 10.1. The molecule has 1 aliphatic rings. The number of carbonyl (C=O) groups is 2. The van der Waals surface area contributed by atoms with Gasteiger partial charge in [0.25, 0.3) is 11.9 Å². The molecule has 3 aromatic rings. The fourth-order valence-corrected chi connectivity index (χ4v) is 3.69. The van der Waals surface area contributed by atoms with Crippen molar-refractivity contribution in [2.75, 3.05) is 32.9 Å². The van der Waals surface area contributed by atoms with Crippen LogP contribution in [0.2, 0.25) is 0 Å². The third-order valence-electron chi connectivity index (χ3n) is 5.53. The Balaban J connectivity index is 1.68. The minimum atomic E-state index is -0.959. The van der Waals surface area contributed by atoms with Crippen molar-refractivity contribution in [1.82, 2.24) is 14.5 Å². The van der Waals surface area contributed by atoms with Gasteiger partial charge in [0.2, 0.25) is 0 Å². The number of morpholine rings is 1. The average Bonchev–Trinajstić information content (AvgIpc) is 3.16. The number of aromatic carboxylic acids is 1. The first kappa shape index (κ1) is 21.8. The van der Waals surface area contributed by atoms with Crippen LogP contribution >= 0.6 is 0 Å². The van der Waals surface area contributed by atoms with Crippen molar-refractivity contribution in [3.8, 4) is 6.01 Å². The Morgan fingerprint density at radius 3 is 2.50 bits per heavy atom. The number of aromatic nitrogens is 2. The summed E-state index contributed by atoms with van der Waals surface area (Å²) in [5.74, 6) is -0.985. The maximum absolute atomic E-state index is 13.0. The van der Waals surface area contributed by atoms with E-state index < -0.39 is 5.97 Å². The van der Waals surface area contributed by atoms with E-state index in [0.29, 0.717) is 51.0 Å². The smallest absolute Gasteiger partial charge is 0.335 e. The molecule has 1 aromatic heterocycles. The van der Waals surface area contributed by atoms with Crippen LogP contribution in [-0.4, -0.2) is 64.3 Å². The molecule has 1 fully saturated rings. The number of benzene rings is 2. The van der Waals surface area contributed by atoms with E-state index in [1.165, 1.54) is 0 Å². The van der Waals surface area contributed by atoms with Gasteiger partial charge in [0.1, 0.15) is 0 Å². The molecule has 2 aromatic carbocycles. The third-order valence-corrected chi connectivity index (χ3v) is 5.53. The normalized spacial score (nSPS) is 14.0. The molecule has 0 atom stereocenters. The van der Waals surface area contributed by atoms with Gasteiger partial charge < -0.3 is 19.5 Å². The van der Waals surface area contributed by atoms with E-state index >= 15 is 0 Å². The third kappa shape index (κ3) is 4.75. The summed E-state index contributed by atoms with van der Waals surface area (Å²) in [7, 11) is 0. The lowest BCUT2D eigenvalue weighted by molar-refractivity contribution is 0.0303. The second kappa shape index (κ2) is 9.82. The van der Waals surface area contributed by atoms with E-state index in [1.807, 2.05) is 16.7 Å². The summed E-state index contributed by atoms with van der Waals surface area (Å²) in [6.07, 6.45) is 1.92. The highest BCUT2D eigenvalue weighted by atomic mass is 16.5. The minimum absolute atomic E-state index is 0.0257. The number of carboxylic acid groups (broad SMARTS) is 1. The average molecular weight is 437 g/mol. The molecule has 0 spiro atoms. The van der Waals surface area contributed by atoms with Gasteiger partial charge in [-0.15, -0.1) is 0 Å². The summed E-state index contributed by atoms with van der Waals surface area (Å²) < 4.78 is 13.3. The Bertz CT molecular complexity index is 1100. The fraction of sp³-hybridized carbons (Fsp3) is 0.375. The number of hydrogen-bond donors (Lipinski definition) is 1. The molecule has 0 saturated carbocycles. The van der Waals surface area contributed by atoms with Crippen molar-refractivity contribution in [3.63, 3.8) is 0 Å². The summed E-state index contributed by atoms with van der Waals surface area (Å²) in [6, 6.07) is 12.7. The predicted octanol–water partition coefficient (Wildman–Crippen LogP) is 3.43. The SMILES string of the molecule is CCCCOc1nc2ccc(C(=O)N3CCOCC3)cc2n1Cc1ccc(C(=O)O)cc1. The molecule has 0 bridgehead atoms. The molecule has 168 valence electrons. The molecule has 8 nitrogen and oxygen atoms in total. The molecule has 1 amide bonds. The maximum atomic E-state index is 13.0. The molecule has 0 radical (unpaired) electrons. The highest BCUT2D eigenvalue weighted by Gasteiger charge is 2.21. The van der Waals surface area contributed by atoms with Crippen LogP contribution in [0.5, 0.6) is 6.01 Å². The second-order valence-electron chi connectivity index (χ2n) is 7.79.